The van der Waals surface area contributed by atoms with Gasteiger partial charge in [0.05, 0.1) is 25.2 Å². The lowest BCUT2D eigenvalue weighted by Crippen LogP contribution is -1.87. The Morgan fingerprint density at radius 2 is 1.32 bits per heavy atom. The Balaban J connectivity index is 2.21. The van der Waals surface area contributed by atoms with Crippen molar-refractivity contribution < 1.29 is 0 Å². The van der Waals surface area contributed by atoms with Crippen LogP contribution in [0.1, 0.15) is 0 Å². The average molecular weight is 354 g/mol. The molecule has 4 nitrogen and oxygen atoms in total. The molecule has 0 saturated carbocycles. The second-order valence-electron chi connectivity index (χ2n) is 6.50. The van der Waals surface area contributed by atoms with Gasteiger partial charge >= 0.3 is 0 Å². The van der Waals surface area contributed by atoms with Crippen LogP contribution in [0.5, 0.6) is 0 Å². The molecule has 0 spiro atoms. The molecule has 5 aromatic rings. The fraction of sp³-hybridized carbons (Fsp3) is 0. The Bertz CT molecular complexity index is 1590. The first kappa shape index (κ1) is 15.8. The fourth-order valence-electron chi connectivity index (χ4n) is 3.91. The molecule has 126 valence electrons. The standard InChI is InChI=1S/C24H10N4/c1-25-20-13-18-16-9-6-10-28-22(16)19-12-15-8-5-4-7-14(15)11-17(19)21(18)24(27-3)23(20)26-2/h4-13H. The molecule has 0 aliphatic carbocycles. The van der Waals surface area contributed by atoms with Crippen LogP contribution in [0.2, 0.25) is 0 Å². The quantitative estimate of drug-likeness (QED) is 0.162. The molecule has 0 aliphatic heterocycles. The number of pyridine rings is 1. The molecule has 0 unspecified atom stereocenters. The van der Waals surface area contributed by atoms with Crippen molar-refractivity contribution in [3.63, 3.8) is 0 Å². The van der Waals surface area contributed by atoms with Gasteiger partial charge in [0.2, 0.25) is 5.69 Å². The molecule has 0 fully saturated rings. The van der Waals surface area contributed by atoms with Gasteiger partial charge in [-0.1, -0.05) is 36.4 Å². The molecule has 0 saturated heterocycles. The monoisotopic (exact) mass is 354 g/mol. The Labute approximate surface area is 160 Å². The average Bonchev–Trinajstić information content (AvgIpc) is 2.76. The number of hydrogen-bond donors (Lipinski definition) is 0. The summed E-state index contributed by atoms with van der Waals surface area (Å²) in [5.41, 5.74) is 1.40. The molecular formula is C24H10N4. The minimum Gasteiger partial charge on any atom is -0.262 e. The summed E-state index contributed by atoms with van der Waals surface area (Å²) in [5.74, 6) is 0. The number of aromatic nitrogens is 1. The zero-order valence-electron chi connectivity index (χ0n) is 14.6. The fourth-order valence-corrected chi connectivity index (χ4v) is 3.91. The summed E-state index contributed by atoms with van der Waals surface area (Å²) in [5, 5.41) is 6.36. The van der Waals surface area contributed by atoms with E-state index < -0.39 is 0 Å². The summed E-state index contributed by atoms with van der Waals surface area (Å²) in [4.78, 5) is 15.3. The van der Waals surface area contributed by atoms with Gasteiger partial charge in [0.1, 0.15) is 0 Å². The number of benzene rings is 4. The van der Waals surface area contributed by atoms with Crippen LogP contribution >= 0.6 is 0 Å². The predicted octanol–water partition coefficient (Wildman–Crippen LogP) is 7.35. The molecule has 5 rings (SSSR count). The van der Waals surface area contributed by atoms with Crippen LogP contribution in [0, 0.1) is 19.7 Å². The summed E-state index contributed by atoms with van der Waals surface area (Å²) >= 11 is 0. The van der Waals surface area contributed by atoms with Crippen LogP contribution in [-0.4, -0.2) is 4.98 Å². The second kappa shape index (κ2) is 5.78. The number of hydrogen-bond acceptors (Lipinski definition) is 1. The van der Waals surface area contributed by atoms with E-state index in [0.717, 1.165) is 43.2 Å². The summed E-state index contributed by atoms with van der Waals surface area (Å²) in [6.45, 7) is 22.8. The van der Waals surface area contributed by atoms with Gasteiger partial charge in [0.15, 0.2) is 11.4 Å². The molecule has 28 heavy (non-hydrogen) atoms. The summed E-state index contributed by atoms with van der Waals surface area (Å²) in [6.07, 6.45) is 1.75. The van der Waals surface area contributed by atoms with E-state index in [1.807, 2.05) is 30.3 Å². The smallest absolute Gasteiger partial charge is 0.201 e. The van der Waals surface area contributed by atoms with E-state index in [1.165, 1.54) is 0 Å². The van der Waals surface area contributed by atoms with E-state index in [2.05, 4.69) is 37.7 Å². The molecule has 0 amide bonds. The van der Waals surface area contributed by atoms with Gasteiger partial charge < -0.3 is 0 Å². The number of rotatable bonds is 0. The highest BCUT2D eigenvalue weighted by atomic mass is 14.8. The van der Waals surface area contributed by atoms with Crippen molar-refractivity contribution in [1.82, 2.24) is 4.98 Å². The van der Waals surface area contributed by atoms with E-state index in [1.54, 1.807) is 12.3 Å². The van der Waals surface area contributed by atoms with Crippen molar-refractivity contribution >= 4 is 60.3 Å². The van der Waals surface area contributed by atoms with Crippen molar-refractivity contribution in [3.8, 4) is 0 Å². The molecular weight excluding hydrogens is 344 g/mol. The molecule has 1 heterocycles. The first-order valence-corrected chi connectivity index (χ1v) is 8.59. The van der Waals surface area contributed by atoms with Crippen molar-refractivity contribution in [2.75, 3.05) is 0 Å². The zero-order valence-corrected chi connectivity index (χ0v) is 14.6. The minimum absolute atomic E-state index is 0.121. The third-order valence-electron chi connectivity index (χ3n) is 5.11. The predicted molar refractivity (Wildman–Crippen MR) is 113 cm³/mol. The molecule has 4 heteroatoms. The molecule has 4 aromatic carbocycles. The van der Waals surface area contributed by atoms with Gasteiger partial charge in [0.25, 0.3) is 0 Å². The van der Waals surface area contributed by atoms with Crippen LogP contribution in [0.3, 0.4) is 0 Å². The lowest BCUT2D eigenvalue weighted by atomic mass is 9.92. The SMILES string of the molecule is [C-]#[N+]c1cc2c3cccnc3c3cc4ccccc4cc3c2c([N+]#[C-])c1[N+]#[C-]. The van der Waals surface area contributed by atoms with Crippen LogP contribution in [-0.2, 0) is 0 Å². The van der Waals surface area contributed by atoms with Crippen LogP contribution in [0.25, 0.3) is 57.8 Å². The highest BCUT2D eigenvalue weighted by molar-refractivity contribution is 6.31. The van der Waals surface area contributed by atoms with Gasteiger partial charge in [-0.05, 0) is 45.1 Å². The Hall–Kier alpha value is -4.46. The maximum absolute atomic E-state index is 7.75. The third-order valence-corrected chi connectivity index (χ3v) is 5.11. The lowest BCUT2D eigenvalue weighted by molar-refractivity contribution is 1.43. The van der Waals surface area contributed by atoms with Gasteiger partial charge in [-0.15, -0.1) is 0 Å². The van der Waals surface area contributed by atoms with E-state index in [9.17, 15) is 0 Å². The Kier molecular flexibility index (Phi) is 3.25. The third kappa shape index (κ3) is 1.99. The van der Waals surface area contributed by atoms with Crippen LogP contribution < -0.4 is 0 Å². The molecule has 0 N–H and O–H groups in total. The highest BCUT2D eigenvalue weighted by Crippen LogP contribution is 2.49. The van der Waals surface area contributed by atoms with Gasteiger partial charge in [-0.25, -0.2) is 0 Å². The molecule has 0 radical (unpaired) electrons. The van der Waals surface area contributed by atoms with Crippen molar-refractivity contribution in [2.24, 2.45) is 0 Å². The molecule has 0 aliphatic rings. The first-order chi connectivity index (χ1) is 13.8. The lowest BCUT2D eigenvalue weighted by Gasteiger charge is -2.14. The van der Waals surface area contributed by atoms with Crippen LogP contribution in [0.15, 0.2) is 60.8 Å². The Morgan fingerprint density at radius 3 is 2.00 bits per heavy atom. The minimum atomic E-state index is 0.121. The van der Waals surface area contributed by atoms with Gasteiger partial charge in [-0.3, -0.25) is 19.5 Å². The summed E-state index contributed by atoms with van der Waals surface area (Å²) in [6, 6.07) is 17.7. The topological polar surface area (TPSA) is 26.0 Å². The van der Waals surface area contributed by atoms with Gasteiger partial charge in [-0.2, -0.15) is 0 Å². The molecule has 0 atom stereocenters. The van der Waals surface area contributed by atoms with Crippen molar-refractivity contribution in [3.05, 3.63) is 95.0 Å². The van der Waals surface area contributed by atoms with E-state index >= 15 is 0 Å². The second-order valence-corrected chi connectivity index (χ2v) is 6.50. The maximum atomic E-state index is 7.75. The van der Waals surface area contributed by atoms with Gasteiger partial charge in [0, 0.05) is 17.0 Å². The van der Waals surface area contributed by atoms with E-state index in [-0.39, 0.29) is 17.1 Å². The molecule has 0 bridgehead atoms. The first-order valence-electron chi connectivity index (χ1n) is 8.59. The van der Waals surface area contributed by atoms with E-state index in [0.29, 0.717) is 0 Å². The highest BCUT2D eigenvalue weighted by Gasteiger charge is 2.19. The van der Waals surface area contributed by atoms with Crippen molar-refractivity contribution in [1.29, 1.82) is 0 Å². The zero-order chi connectivity index (χ0) is 19.3. The Morgan fingerprint density at radius 1 is 0.643 bits per heavy atom. The maximum Gasteiger partial charge on any atom is 0.201 e. The summed E-state index contributed by atoms with van der Waals surface area (Å²) in [7, 11) is 0. The summed E-state index contributed by atoms with van der Waals surface area (Å²) < 4.78 is 0. The van der Waals surface area contributed by atoms with E-state index in [4.69, 9.17) is 19.7 Å². The largest absolute Gasteiger partial charge is 0.262 e. The number of fused-ring (bicyclic) bond motifs is 7. The number of nitrogens with zero attached hydrogens (tertiary/aromatic N) is 4. The molecule has 1 aromatic heterocycles. The normalized spacial score (nSPS) is 10.8. The van der Waals surface area contributed by atoms with Crippen LogP contribution in [0.4, 0.5) is 17.1 Å². The van der Waals surface area contributed by atoms with Crippen molar-refractivity contribution in [2.45, 2.75) is 0 Å².